The van der Waals surface area contributed by atoms with Gasteiger partial charge in [-0.3, -0.25) is 9.59 Å². The fourth-order valence-electron chi connectivity index (χ4n) is 4.71. The van der Waals surface area contributed by atoms with E-state index in [1.54, 1.807) is 6.92 Å². The fourth-order valence-corrected chi connectivity index (χ4v) is 4.71. The molecule has 0 fully saturated rings. The van der Waals surface area contributed by atoms with E-state index in [1.165, 1.54) is 31.3 Å². The van der Waals surface area contributed by atoms with Crippen LogP contribution in [0.25, 0.3) is 16.5 Å². The predicted molar refractivity (Wildman–Crippen MR) is 164 cm³/mol. The average Bonchev–Trinajstić information content (AvgIpc) is 3.41. The summed E-state index contributed by atoms with van der Waals surface area (Å²) < 4.78 is 16.9. The standard InChI is InChI=1S/C33H28N4O7/c1-19-13-27(39)30-24(29(20(2)38)26-17-35-32(34)36-26)15-23(16-28(30)43-19)44-31(40)25(14-21-9-5-3-6-10-21)37-33(41)42-18-22-11-7-4-8-12-22/h3-13,15-17,25H,14,18H2,1-2H3,(H2,34,36)(H,37,41)/b29-26+. The van der Waals surface area contributed by atoms with E-state index in [0.29, 0.717) is 5.76 Å². The Bertz CT molecular complexity index is 1890. The van der Waals surface area contributed by atoms with E-state index in [0.717, 1.165) is 11.1 Å². The van der Waals surface area contributed by atoms with Gasteiger partial charge in [-0.1, -0.05) is 60.7 Å². The minimum absolute atomic E-state index is 0.00495. The molecule has 1 aliphatic heterocycles. The molecule has 0 aliphatic carbocycles. The Morgan fingerprint density at radius 2 is 1.66 bits per heavy atom. The van der Waals surface area contributed by atoms with Gasteiger partial charge in [-0.2, -0.15) is 0 Å². The number of amides is 1. The highest BCUT2D eigenvalue weighted by atomic mass is 16.6. The van der Waals surface area contributed by atoms with Crippen LogP contribution in [0.2, 0.25) is 0 Å². The third-order valence-corrected chi connectivity index (χ3v) is 6.65. The molecule has 11 nitrogen and oxygen atoms in total. The van der Waals surface area contributed by atoms with Crippen LogP contribution in [0.1, 0.15) is 29.4 Å². The molecule has 3 N–H and O–H groups in total. The summed E-state index contributed by atoms with van der Waals surface area (Å²) in [6.07, 6.45) is 0.599. The van der Waals surface area contributed by atoms with E-state index in [2.05, 4.69) is 15.3 Å². The number of carbonyl (C=O) groups is 3. The lowest BCUT2D eigenvalue weighted by Crippen LogP contribution is -2.44. The number of ether oxygens (including phenoxy) is 2. The second-order valence-electron chi connectivity index (χ2n) is 9.98. The van der Waals surface area contributed by atoms with Gasteiger partial charge in [0.2, 0.25) is 5.96 Å². The van der Waals surface area contributed by atoms with Crippen LogP contribution >= 0.6 is 0 Å². The summed E-state index contributed by atoms with van der Waals surface area (Å²) in [6, 6.07) is 21.1. The fraction of sp³-hybridized carbons (Fsp3) is 0.152. The number of aliphatic imine (C=N–C) groups is 2. The molecule has 11 heteroatoms. The van der Waals surface area contributed by atoms with E-state index in [4.69, 9.17) is 19.6 Å². The van der Waals surface area contributed by atoms with Crippen molar-refractivity contribution in [2.45, 2.75) is 32.9 Å². The summed E-state index contributed by atoms with van der Waals surface area (Å²) in [4.78, 5) is 60.3. The number of aryl methyl sites for hydroxylation is 1. The van der Waals surface area contributed by atoms with E-state index in [-0.39, 0.29) is 52.5 Å². The number of nitrogens with zero attached hydrogens (tertiary/aromatic N) is 2. The summed E-state index contributed by atoms with van der Waals surface area (Å²) in [5, 5.41) is 2.68. The topological polar surface area (TPSA) is 163 Å². The average molecular weight is 593 g/mol. The monoisotopic (exact) mass is 592 g/mol. The molecule has 1 unspecified atom stereocenters. The van der Waals surface area contributed by atoms with Gasteiger partial charge in [0.15, 0.2) is 11.2 Å². The summed E-state index contributed by atoms with van der Waals surface area (Å²) in [7, 11) is 0. The SMILES string of the molecule is CC(=O)/C(=C1/C=NC(N)=N1)c1cc(OC(=O)C(Cc2ccccc2)NC(=O)OCc2ccccc2)cc2oc(C)cc(=O)c12. The van der Waals surface area contributed by atoms with Crippen molar-refractivity contribution in [3.8, 4) is 5.75 Å². The zero-order valence-electron chi connectivity index (χ0n) is 23.9. The van der Waals surface area contributed by atoms with Crippen LogP contribution in [0.5, 0.6) is 5.75 Å². The molecule has 4 aromatic rings. The Morgan fingerprint density at radius 3 is 2.30 bits per heavy atom. The van der Waals surface area contributed by atoms with Gasteiger partial charge in [0.1, 0.15) is 29.7 Å². The maximum absolute atomic E-state index is 13.6. The van der Waals surface area contributed by atoms with Crippen LogP contribution in [0.3, 0.4) is 0 Å². The number of hydrogen-bond acceptors (Lipinski definition) is 10. The largest absolute Gasteiger partial charge is 0.461 e. The van der Waals surface area contributed by atoms with Gasteiger partial charge in [0.05, 0.1) is 22.9 Å². The number of fused-ring (bicyclic) bond motifs is 1. The summed E-state index contributed by atoms with van der Waals surface area (Å²) >= 11 is 0. The number of benzene rings is 3. The Hall–Kier alpha value is -5.84. The van der Waals surface area contributed by atoms with Crippen molar-refractivity contribution in [3.05, 3.63) is 117 Å². The van der Waals surface area contributed by atoms with Crippen molar-refractivity contribution in [1.29, 1.82) is 0 Å². The zero-order chi connectivity index (χ0) is 31.2. The van der Waals surface area contributed by atoms with Crippen LogP contribution in [-0.2, 0) is 27.4 Å². The number of alkyl carbamates (subject to hydrolysis) is 1. The van der Waals surface area contributed by atoms with Crippen LogP contribution in [0.4, 0.5) is 4.79 Å². The second kappa shape index (κ2) is 13.0. The number of nitrogens with one attached hydrogen (secondary N) is 1. The van der Waals surface area contributed by atoms with Crippen molar-refractivity contribution in [2.24, 2.45) is 15.7 Å². The van der Waals surface area contributed by atoms with Crippen molar-refractivity contribution in [3.63, 3.8) is 0 Å². The summed E-state index contributed by atoms with van der Waals surface area (Å²) in [5.41, 5.74) is 7.22. The Kier molecular flexibility index (Phi) is 8.75. The first-order chi connectivity index (χ1) is 21.2. The van der Waals surface area contributed by atoms with Crippen molar-refractivity contribution in [1.82, 2.24) is 5.32 Å². The van der Waals surface area contributed by atoms with Gasteiger partial charge in [-0.25, -0.2) is 19.6 Å². The van der Waals surface area contributed by atoms with Gasteiger partial charge < -0.3 is 24.9 Å². The lowest BCUT2D eigenvalue weighted by molar-refractivity contribution is -0.136. The molecular formula is C33H28N4O7. The molecule has 2 heterocycles. The highest BCUT2D eigenvalue weighted by molar-refractivity contribution is 6.28. The third-order valence-electron chi connectivity index (χ3n) is 6.65. The number of hydrogen-bond donors (Lipinski definition) is 2. The van der Waals surface area contributed by atoms with Crippen molar-refractivity contribution >= 4 is 46.6 Å². The lowest BCUT2D eigenvalue weighted by Gasteiger charge is -2.18. The first-order valence-corrected chi connectivity index (χ1v) is 13.6. The number of carbonyl (C=O) groups excluding carboxylic acids is 3. The van der Waals surface area contributed by atoms with E-state index < -0.39 is 29.3 Å². The van der Waals surface area contributed by atoms with Crippen LogP contribution < -0.4 is 21.2 Å². The molecule has 1 aromatic heterocycles. The zero-order valence-corrected chi connectivity index (χ0v) is 23.9. The molecule has 3 aromatic carbocycles. The molecule has 222 valence electrons. The predicted octanol–water partition coefficient (Wildman–Crippen LogP) is 4.24. The lowest BCUT2D eigenvalue weighted by atomic mass is 9.96. The maximum Gasteiger partial charge on any atom is 0.408 e. The highest BCUT2D eigenvalue weighted by Gasteiger charge is 2.27. The molecule has 0 saturated heterocycles. The molecular weight excluding hydrogens is 564 g/mol. The van der Waals surface area contributed by atoms with Crippen LogP contribution in [-0.4, -0.2) is 36.1 Å². The molecule has 1 amide bonds. The quantitative estimate of drug-likeness (QED) is 0.166. The molecule has 1 atom stereocenters. The maximum atomic E-state index is 13.6. The molecule has 0 spiro atoms. The van der Waals surface area contributed by atoms with E-state index >= 15 is 0 Å². The van der Waals surface area contributed by atoms with Gasteiger partial charge >= 0.3 is 12.1 Å². The number of guanidine groups is 1. The number of allylic oxidation sites excluding steroid dienone is 2. The number of Topliss-reactive ketones (excluding diaryl/α,β-unsaturated/α-hetero) is 1. The van der Waals surface area contributed by atoms with Gasteiger partial charge in [0, 0.05) is 24.1 Å². The van der Waals surface area contributed by atoms with Gasteiger partial charge in [-0.15, -0.1) is 0 Å². The highest BCUT2D eigenvalue weighted by Crippen LogP contribution is 2.32. The molecule has 0 radical (unpaired) electrons. The Morgan fingerprint density at radius 1 is 0.977 bits per heavy atom. The van der Waals surface area contributed by atoms with Crippen LogP contribution in [0.15, 0.2) is 104 Å². The van der Waals surface area contributed by atoms with E-state index in [9.17, 15) is 19.2 Å². The van der Waals surface area contributed by atoms with Crippen LogP contribution in [0, 0.1) is 6.92 Å². The number of rotatable bonds is 9. The first kappa shape index (κ1) is 29.6. The number of ketones is 1. The van der Waals surface area contributed by atoms with Gasteiger partial charge in [0.25, 0.3) is 0 Å². The summed E-state index contributed by atoms with van der Waals surface area (Å²) in [5.74, 6) is -1.02. The molecule has 0 bridgehead atoms. The minimum Gasteiger partial charge on any atom is -0.461 e. The Balaban J connectivity index is 1.50. The summed E-state index contributed by atoms with van der Waals surface area (Å²) in [6.45, 7) is 2.91. The number of nitrogens with two attached hydrogens (primary N) is 1. The Labute approximate surface area is 251 Å². The smallest absolute Gasteiger partial charge is 0.408 e. The molecule has 1 aliphatic rings. The molecule has 44 heavy (non-hydrogen) atoms. The van der Waals surface area contributed by atoms with Crippen molar-refractivity contribution in [2.75, 3.05) is 0 Å². The van der Waals surface area contributed by atoms with Gasteiger partial charge in [-0.05, 0) is 31.0 Å². The normalized spacial score (nSPS) is 14.1. The minimum atomic E-state index is -1.15. The van der Waals surface area contributed by atoms with E-state index in [1.807, 2.05) is 60.7 Å². The first-order valence-electron chi connectivity index (χ1n) is 13.6. The second-order valence-corrected chi connectivity index (χ2v) is 9.98. The molecule has 0 saturated carbocycles. The molecule has 5 rings (SSSR count). The third kappa shape index (κ3) is 6.96. The number of esters is 1. The van der Waals surface area contributed by atoms with Crippen molar-refractivity contribution < 1.29 is 28.3 Å².